The molecule has 0 amide bonds. The number of aromatic nitrogens is 2. The molecule has 154 valence electrons. The van der Waals surface area contributed by atoms with Gasteiger partial charge >= 0.3 is 0 Å². The molecule has 2 aromatic heterocycles. The lowest BCUT2D eigenvalue weighted by Crippen LogP contribution is -2.40. The molecule has 0 saturated carbocycles. The van der Waals surface area contributed by atoms with E-state index in [9.17, 15) is 8.42 Å². The molecule has 1 aliphatic rings. The highest BCUT2D eigenvalue weighted by Gasteiger charge is 2.27. The smallest absolute Gasteiger partial charge is 0.243 e. The van der Waals surface area contributed by atoms with Crippen molar-refractivity contribution < 1.29 is 17.9 Å². The van der Waals surface area contributed by atoms with E-state index >= 15 is 0 Å². The number of hydrogen-bond donors (Lipinski definition) is 3. The first-order valence-corrected chi connectivity index (χ1v) is 10.7. The summed E-state index contributed by atoms with van der Waals surface area (Å²) in [7, 11) is -0.250. The number of benzene rings is 1. The fourth-order valence-electron chi connectivity index (χ4n) is 3.32. The SMILES string of the molecule is CNc1cc(Nc2ccc(S(=O)(=O)N3CCOCC3)cc2OC)nc2[nH]ccc12. The summed E-state index contributed by atoms with van der Waals surface area (Å²) >= 11 is 0. The Morgan fingerprint density at radius 1 is 1.17 bits per heavy atom. The minimum Gasteiger partial charge on any atom is -0.495 e. The maximum absolute atomic E-state index is 12.9. The molecule has 10 heteroatoms. The molecular weight excluding hydrogens is 394 g/mol. The number of morpholine rings is 1. The predicted molar refractivity (Wildman–Crippen MR) is 111 cm³/mol. The third-order valence-electron chi connectivity index (χ3n) is 4.84. The van der Waals surface area contributed by atoms with E-state index in [-0.39, 0.29) is 4.90 Å². The predicted octanol–water partition coefficient (Wildman–Crippen LogP) is 2.38. The highest BCUT2D eigenvalue weighted by Crippen LogP contribution is 2.33. The van der Waals surface area contributed by atoms with Crippen LogP contribution < -0.4 is 15.4 Å². The van der Waals surface area contributed by atoms with E-state index in [1.54, 1.807) is 12.1 Å². The molecule has 29 heavy (non-hydrogen) atoms. The molecule has 3 N–H and O–H groups in total. The molecule has 1 aromatic carbocycles. The lowest BCUT2D eigenvalue weighted by molar-refractivity contribution is 0.0730. The third-order valence-corrected chi connectivity index (χ3v) is 6.74. The van der Waals surface area contributed by atoms with Gasteiger partial charge in [0, 0.05) is 49.5 Å². The quantitative estimate of drug-likeness (QED) is 0.565. The minimum atomic E-state index is -3.60. The number of anilines is 3. The van der Waals surface area contributed by atoms with E-state index in [0.29, 0.717) is 43.6 Å². The van der Waals surface area contributed by atoms with Gasteiger partial charge in [0.25, 0.3) is 0 Å². The van der Waals surface area contributed by atoms with E-state index in [4.69, 9.17) is 9.47 Å². The number of methoxy groups -OCH3 is 1. The number of pyridine rings is 1. The van der Waals surface area contributed by atoms with Crippen LogP contribution in [-0.2, 0) is 14.8 Å². The van der Waals surface area contributed by atoms with Gasteiger partial charge in [-0.25, -0.2) is 13.4 Å². The molecular formula is C19H23N5O4S. The summed E-state index contributed by atoms with van der Waals surface area (Å²) in [6.45, 7) is 1.49. The zero-order valence-electron chi connectivity index (χ0n) is 16.2. The Morgan fingerprint density at radius 2 is 1.97 bits per heavy atom. The molecule has 1 fully saturated rings. The molecule has 9 nitrogen and oxygen atoms in total. The van der Waals surface area contributed by atoms with Gasteiger partial charge in [0.2, 0.25) is 10.0 Å². The van der Waals surface area contributed by atoms with Crippen LogP contribution in [-0.4, -0.2) is 63.2 Å². The molecule has 0 bridgehead atoms. The average molecular weight is 417 g/mol. The van der Waals surface area contributed by atoms with Gasteiger partial charge in [-0.15, -0.1) is 0 Å². The van der Waals surface area contributed by atoms with Crippen molar-refractivity contribution in [1.29, 1.82) is 0 Å². The van der Waals surface area contributed by atoms with Gasteiger partial charge in [-0.05, 0) is 18.2 Å². The van der Waals surface area contributed by atoms with Crippen LogP contribution in [0, 0.1) is 0 Å². The Hall–Kier alpha value is -2.82. The summed E-state index contributed by atoms with van der Waals surface area (Å²) in [6.07, 6.45) is 1.83. The molecule has 4 rings (SSSR count). The molecule has 0 spiro atoms. The maximum Gasteiger partial charge on any atom is 0.243 e. The number of nitrogens with zero attached hydrogens (tertiary/aromatic N) is 2. The second-order valence-corrected chi connectivity index (χ2v) is 8.49. The first-order chi connectivity index (χ1) is 14.0. The van der Waals surface area contributed by atoms with E-state index in [0.717, 1.165) is 16.7 Å². The van der Waals surface area contributed by atoms with Gasteiger partial charge in [0.15, 0.2) is 0 Å². The van der Waals surface area contributed by atoms with Crippen LogP contribution >= 0.6 is 0 Å². The van der Waals surface area contributed by atoms with Crippen molar-refractivity contribution in [2.45, 2.75) is 4.90 Å². The van der Waals surface area contributed by atoms with Gasteiger partial charge in [0.05, 0.1) is 30.9 Å². The number of nitrogens with one attached hydrogen (secondary N) is 3. The summed E-state index contributed by atoms with van der Waals surface area (Å²) in [6, 6.07) is 8.62. The Labute approximate surface area is 169 Å². The largest absolute Gasteiger partial charge is 0.495 e. The Bertz CT molecular complexity index is 1120. The fraction of sp³-hybridized carbons (Fsp3) is 0.316. The van der Waals surface area contributed by atoms with Crippen LogP contribution in [0.2, 0.25) is 0 Å². The zero-order valence-corrected chi connectivity index (χ0v) is 17.0. The maximum atomic E-state index is 12.9. The second-order valence-electron chi connectivity index (χ2n) is 6.55. The molecule has 3 aromatic rings. The van der Waals surface area contributed by atoms with Gasteiger partial charge < -0.3 is 25.1 Å². The first-order valence-electron chi connectivity index (χ1n) is 9.22. The topological polar surface area (TPSA) is 109 Å². The second kappa shape index (κ2) is 7.90. The van der Waals surface area contributed by atoms with E-state index in [1.165, 1.54) is 17.5 Å². The lowest BCUT2D eigenvalue weighted by Gasteiger charge is -2.26. The molecule has 0 unspecified atom stereocenters. The molecule has 0 radical (unpaired) electrons. The van der Waals surface area contributed by atoms with Gasteiger partial charge in [-0.3, -0.25) is 0 Å². The number of sulfonamides is 1. The number of fused-ring (bicyclic) bond motifs is 1. The van der Waals surface area contributed by atoms with Gasteiger partial charge in [0.1, 0.15) is 17.2 Å². The van der Waals surface area contributed by atoms with Crippen LogP contribution in [0.3, 0.4) is 0 Å². The molecule has 3 heterocycles. The van der Waals surface area contributed by atoms with Crippen LogP contribution in [0.5, 0.6) is 5.75 Å². The van der Waals surface area contributed by atoms with Crippen molar-refractivity contribution in [3.63, 3.8) is 0 Å². The van der Waals surface area contributed by atoms with Crippen molar-refractivity contribution in [1.82, 2.24) is 14.3 Å². The summed E-state index contributed by atoms with van der Waals surface area (Å²) in [5.74, 6) is 1.02. The van der Waals surface area contributed by atoms with Crippen LogP contribution in [0.25, 0.3) is 11.0 Å². The summed E-state index contributed by atoms with van der Waals surface area (Å²) < 4.78 is 37.9. The first kappa shape index (κ1) is 19.5. The minimum absolute atomic E-state index is 0.186. The van der Waals surface area contributed by atoms with Gasteiger partial charge in [-0.2, -0.15) is 4.31 Å². The molecule has 0 aliphatic carbocycles. The number of hydrogen-bond acceptors (Lipinski definition) is 7. The molecule has 1 saturated heterocycles. The van der Waals surface area contributed by atoms with Crippen LogP contribution in [0.4, 0.5) is 17.2 Å². The third kappa shape index (κ3) is 3.74. The van der Waals surface area contributed by atoms with E-state index < -0.39 is 10.0 Å². The summed E-state index contributed by atoms with van der Waals surface area (Å²) in [5, 5.41) is 7.35. The number of H-pyrrole nitrogens is 1. The normalized spacial score (nSPS) is 15.4. The van der Waals surface area contributed by atoms with Crippen LogP contribution in [0.15, 0.2) is 41.4 Å². The highest BCUT2D eigenvalue weighted by molar-refractivity contribution is 7.89. The van der Waals surface area contributed by atoms with E-state index in [1.807, 2.05) is 25.4 Å². The summed E-state index contributed by atoms with van der Waals surface area (Å²) in [4.78, 5) is 7.84. The lowest BCUT2D eigenvalue weighted by atomic mass is 10.2. The monoisotopic (exact) mass is 417 g/mol. The highest BCUT2D eigenvalue weighted by atomic mass is 32.2. The molecule has 0 atom stereocenters. The van der Waals surface area contributed by atoms with E-state index in [2.05, 4.69) is 20.6 Å². The number of rotatable bonds is 6. The Balaban J connectivity index is 1.65. The molecule has 1 aliphatic heterocycles. The number of aromatic amines is 1. The summed E-state index contributed by atoms with van der Waals surface area (Å²) in [5.41, 5.74) is 2.28. The standard InChI is InChI=1S/C19H23N5O4S/c1-20-16-12-18(23-19-14(16)5-6-21-19)22-15-4-3-13(11-17(15)27-2)29(25,26)24-7-9-28-10-8-24/h3-6,11-12H,7-10H2,1-2H3,(H3,20,21,22,23). The Kier molecular flexibility index (Phi) is 5.31. The van der Waals surface area contributed by atoms with Gasteiger partial charge in [-0.1, -0.05) is 0 Å². The van der Waals surface area contributed by atoms with Crippen LogP contribution in [0.1, 0.15) is 0 Å². The van der Waals surface area contributed by atoms with Crippen molar-refractivity contribution >= 4 is 38.2 Å². The van der Waals surface area contributed by atoms with Crippen molar-refractivity contribution in [2.24, 2.45) is 0 Å². The Morgan fingerprint density at radius 3 is 2.69 bits per heavy atom. The zero-order chi connectivity index (χ0) is 20.4. The van der Waals surface area contributed by atoms with Crippen molar-refractivity contribution in [3.8, 4) is 5.75 Å². The van der Waals surface area contributed by atoms with Crippen molar-refractivity contribution in [2.75, 3.05) is 51.1 Å². The average Bonchev–Trinajstić information content (AvgIpc) is 3.22. The fourth-order valence-corrected chi connectivity index (χ4v) is 4.74. The number of ether oxygens (including phenoxy) is 2. The van der Waals surface area contributed by atoms with Crippen molar-refractivity contribution in [3.05, 3.63) is 36.5 Å².